The summed E-state index contributed by atoms with van der Waals surface area (Å²) in [5, 5.41) is 10.9. The van der Waals surface area contributed by atoms with Gasteiger partial charge in [0, 0.05) is 29.4 Å². The fourth-order valence-corrected chi connectivity index (χ4v) is 3.54. The van der Waals surface area contributed by atoms with Crippen LogP contribution in [-0.2, 0) is 14.3 Å². The molecule has 1 atom stereocenters. The Hall–Kier alpha value is -2.51. The molecule has 29 heavy (non-hydrogen) atoms. The van der Waals surface area contributed by atoms with Gasteiger partial charge in [-0.25, -0.2) is 0 Å². The van der Waals surface area contributed by atoms with E-state index in [1.54, 1.807) is 48.7 Å². The highest BCUT2D eigenvalue weighted by Crippen LogP contribution is 2.38. The Kier molecular flexibility index (Phi) is 6.82. The highest BCUT2D eigenvalue weighted by Gasteiger charge is 2.46. The van der Waals surface area contributed by atoms with E-state index < -0.39 is 17.7 Å². The summed E-state index contributed by atoms with van der Waals surface area (Å²) in [6, 6.07) is 11.5. The fourth-order valence-electron chi connectivity index (χ4n) is 3.27. The summed E-state index contributed by atoms with van der Waals surface area (Å²) < 4.78 is 6.40. The van der Waals surface area contributed by atoms with Gasteiger partial charge in [0.2, 0.25) is 0 Å². The molecule has 6 nitrogen and oxygen atoms in total. The molecule has 1 aromatic heterocycles. The average molecular weight is 459 g/mol. The summed E-state index contributed by atoms with van der Waals surface area (Å²) in [5.74, 6) is -1.54. The molecule has 0 unspecified atom stereocenters. The van der Waals surface area contributed by atoms with E-state index in [0.717, 1.165) is 4.47 Å². The van der Waals surface area contributed by atoms with Crippen LogP contribution in [0.25, 0.3) is 5.76 Å². The molecule has 1 aromatic carbocycles. The topological polar surface area (TPSA) is 79.7 Å². The summed E-state index contributed by atoms with van der Waals surface area (Å²) in [7, 11) is 0. The maximum atomic E-state index is 12.8. The molecule has 2 aromatic rings. The molecular weight excluding hydrogens is 436 g/mol. The van der Waals surface area contributed by atoms with Gasteiger partial charge in [-0.1, -0.05) is 34.1 Å². The van der Waals surface area contributed by atoms with E-state index in [0.29, 0.717) is 30.8 Å². The normalized spacial score (nSPS) is 18.6. The molecule has 0 spiro atoms. The minimum absolute atomic E-state index is 0.0563. The van der Waals surface area contributed by atoms with Gasteiger partial charge in [0.15, 0.2) is 0 Å². The van der Waals surface area contributed by atoms with Crippen molar-refractivity contribution in [3.63, 3.8) is 0 Å². The molecule has 152 valence electrons. The molecule has 0 aliphatic carbocycles. The molecule has 1 amide bonds. The molecule has 1 aliphatic heterocycles. The number of likely N-dealkylation sites (tertiary alicyclic amines) is 1. The molecule has 1 aliphatic rings. The second-order valence-corrected chi connectivity index (χ2v) is 7.94. The molecule has 0 bridgehead atoms. The standard InChI is InChI=1S/C22H23BrN2O4/c1-14(2)29-13-5-12-25-19(17-6-3-4-11-24-17)18(21(27)22(25)28)20(26)15-7-9-16(23)10-8-15/h3-4,6-11,14,19,26H,5,12-13H2,1-2H3/t19-/m1/s1. The number of ether oxygens (including phenoxy) is 1. The first-order valence-electron chi connectivity index (χ1n) is 9.47. The highest BCUT2D eigenvalue weighted by atomic mass is 79.9. The van der Waals surface area contributed by atoms with Gasteiger partial charge in [0.1, 0.15) is 11.8 Å². The largest absolute Gasteiger partial charge is 0.507 e. The highest BCUT2D eigenvalue weighted by molar-refractivity contribution is 9.10. The number of aliphatic hydroxyl groups is 1. The number of hydrogen-bond acceptors (Lipinski definition) is 5. The van der Waals surface area contributed by atoms with Crippen LogP contribution < -0.4 is 0 Å². The summed E-state index contributed by atoms with van der Waals surface area (Å²) in [4.78, 5) is 31.4. The first-order chi connectivity index (χ1) is 13.9. The van der Waals surface area contributed by atoms with Crippen molar-refractivity contribution in [3.8, 4) is 0 Å². The van der Waals surface area contributed by atoms with Crippen LogP contribution in [0, 0.1) is 0 Å². The van der Waals surface area contributed by atoms with Crippen LogP contribution in [0.1, 0.15) is 37.6 Å². The third-order valence-corrected chi connectivity index (χ3v) is 5.15. The quantitative estimate of drug-likeness (QED) is 0.292. The van der Waals surface area contributed by atoms with Gasteiger partial charge < -0.3 is 14.7 Å². The van der Waals surface area contributed by atoms with Crippen LogP contribution in [0.3, 0.4) is 0 Å². The van der Waals surface area contributed by atoms with Gasteiger partial charge in [-0.15, -0.1) is 0 Å². The number of aromatic nitrogens is 1. The number of nitrogens with zero attached hydrogens (tertiary/aromatic N) is 2. The third kappa shape index (κ3) is 4.74. The minimum Gasteiger partial charge on any atom is -0.507 e. The van der Waals surface area contributed by atoms with Gasteiger partial charge in [0.25, 0.3) is 11.7 Å². The number of hydrogen-bond donors (Lipinski definition) is 1. The van der Waals surface area contributed by atoms with Crippen LogP contribution in [0.4, 0.5) is 0 Å². The van der Waals surface area contributed by atoms with Crippen LogP contribution in [0.2, 0.25) is 0 Å². The monoisotopic (exact) mass is 458 g/mol. The molecule has 3 rings (SSSR count). The first kappa shape index (κ1) is 21.2. The number of carbonyl (C=O) groups is 2. The van der Waals surface area contributed by atoms with Crippen LogP contribution in [-0.4, -0.2) is 45.9 Å². The van der Waals surface area contributed by atoms with Gasteiger partial charge in [-0.05, 0) is 44.5 Å². The zero-order valence-electron chi connectivity index (χ0n) is 16.3. The Balaban J connectivity index is 1.99. The Bertz CT molecular complexity index is 910. The summed E-state index contributed by atoms with van der Waals surface area (Å²) in [6.45, 7) is 4.69. The van der Waals surface area contributed by atoms with E-state index >= 15 is 0 Å². The third-order valence-electron chi connectivity index (χ3n) is 4.62. The summed E-state index contributed by atoms with van der Waals surface area (Å²) >= 11 is 3.35. The van der Waals surface area contributed by atoms with Crippen molar-refractivity contribution >= 4 is 33.4 Å². The number of Topliss-reactive ketones (excluding diaryl/α,β-unsaturated/α-hetero) is 1. The lowest BCUT2D eigenvalue weighted by atomic mass is 9.98. The zero-order valence-corrected chi connectivity index (χ0v) is 17.9. The average Bonchev–Trinajstić information content (AvgIpc) is 2.96. The smallest absolute Gasteiger partial charge is 0.295 e. The van der Waals surface area contributed by atoms with Crippen molar-refractivity contribution in [1.82, 2.24) is 9.88 Å². The lowest BCUT2D eigenvalue weighted by Gasteiger charge is -2.24. The maximum absolute atomic E-state index is 12.8. The van der Waals surface area contributed by atoms with Crippen molar-refractivity contribution in [1.29, 1.82) is 0 Å². The number of halogens is 1. The first-order valence-corrected chi connectivity index (χ1v) is 10.3. The van der Waals surface area contributed by atoms with Gasteiger partial charge >= 0.3 is 0 Å². The molecule has 1 N–H and O–H groups in total. The second-order valence-electron chi connectivity index (χ2n) is 7.03. The SMILES string of the molecule is CC(C)OCCCN1C(=O)C(=O)C(=C(O)c2ccc(Br)cc2)[C@H]1c1ccccn1. The zero-order chi connectivity index (χ0) is 21.0. The van der Waals surface area contributed by atoms with Crippen molar-refractivity contribution in [2.75, 3.05) is 13.2 Å². The predicted octanol–water partition coefficient (Wildman–Crippen LogP) is 4.08. The lowest BCUT2D eigenvalue weighted by Crippen LogP contribution is -2.31. The second kappa shape index (κ2) is 9.33. The van der Waals surface area contributed by atoms with Crippen LogP contribution in [0.15, 0.2) is 58.7 Å². The number of ketones is 1. The molecule has 0 radical (unpaired) electrons. The Morgan fingerprint density at radius 2 is 1.93 bits per heavy atom. The molecule has 1 fully saturated rings. The summed E-state index contributed by atoms with van der Waals surface area (Å²) in [6.07, 6.45) is 2.28. The Labute approximate surface area is 178 Å². The predicted molar refractivity (Wildman–Crippen MR) is 113 cm³/mol. The maximum Gasteiger partial charge on any atom is 0.295 e. The number of aliphatic hydroxyl groups excluding tert-OH is 1. The molecule has 1 saturated heterocycles. The minimum atomic E-state index is -0.737. The van der Waals surface area contributed by atoms with E-state index in [4.69, 9.17) is 4.74 Å². The number of pyridine rings is 1. The van der Waals surface area contributed by atoms with Crippen molar-refractivity contribution in [3.05, 3.63) is 70.0 Å². The van der Waals surface area contributed by atoms with E-state index in [1.807, 2.05) is 13.8 Å². The van der Waals surface area contributed by atoms with Gasteiger partial charge in [-0.2, -0.15) is 0 Å². The summed E-state index contributed by atoms with van der Waals surface area (Å²) in [5.41, 5.74) is 1.06. The van der Waals surface area contributed by atoms with Crippen molar-refractivity contribution < 1.29 is 19.4 Å². The number of amides is 1. The van der Waals surface area contributed by atoms with Crippen molar-refractivity contribution in [2.24, 2.45) is 0 Å². The lowest BCUT2D eigenvalue weighted by molar-refractivity contribution is -0.140. The van der Waals surface area contributed by atoms with Crippen LogP contribution >= 0.6 is 15.9 Å². The van der Waals surface area contributed by atoms with Gasteiger partial charge in [-0.3, -0.25) is 14.6 Å². The number of carbonyl (C=O) groups excluding carboxylic acids is 2. The van der Waals surface area contributed by atoms with E-state index in [2.05, 4.69) is 20.9 Å². The van der Waals surface area contributed by atoms with Crippen molar-refractivity contribution in [2.45, 2.75) is 32.4 Å². The molecule has 0 saturated carbocycles. The molecule has 2 heterocycles. The van der Waals surface area contributed by atoms with E-state index in [9.17, 15) is 14.7 Å². The van der Waals surface area contributed by atoms with E-state index in [-0.39, 0.29) is 17.4 Å². The fraction of sp³-hybridized carbons (Fsp3) is 0.318. The Morgan fingerprint density at radius 3 is 2.55 bits per heavy atom. The van der Waals surface area contributed by atoms with E-state index in [1.165, 1.54) is 4.90 Å². The number of benzene rings is 1. The molecular formula is C22H23BrN2O4. The number of rotatable bonds is 7. The van der Waals surface area contributed by atoms with Gasteiger partial charge in [0.05, 0.1) is 17.4 Å². The molecule has 7 heteroatoms. The Morgan fingerprint density at radius 1 is 1.21 bits per heavy atom. The van der Waals surface area contributed by atoms with Crippen LogP contribution in [0.5, 0.6) is 0 Å².